The predicted molar refractivity (Wildman–Crippen MR) is 82.9 cm³/mol. The lowest BCUT2D eigenvalue weighted by molar-refractivity contribution is -0.141. The number of hydrogen-bond donors (Lipinski definition) is 2. The van der Waals surface area contributed by atoms with Gasteiger partial charge in [-0.25, -0.2) is 13.1 Å². The van der Waals surface area contributed by atoms with Crippen molar-refractivity contribution in [2.45, 2.75) is 29.4 Å². The van der Waals surface area contributed by atoms with Crippen LogP contribution in [0.3, 0.4) is 0 Å². The first-order chi connectivity index (χ1) is 10.0. The van der Waals surface area contributed by atoms with Gasteiger partial charge in [0.05, 0.1) is 11.2 Å². The van der Waals surface area contributed by atoms with Crippen LogP contribution >= 0.6 is 11.8 Å². The summed E-state index contributed by atoms with van der Waals surface area (Å²) in [5, 5.41) is 8.28. The lowest BCUT2D eigenvalue weighted by atomic mass is 10.1. The SMILES string of the molecule is O=C(O)C1CCCC1S(=O)(=O)NCCSc1ccccc1. The van der Waals surface area contributed by atoms with Crippen LogP contribution < -0.4 is 4.72 Å². The van der Waals surface area contributed by atoms with E-state index in [2.05, 4.69) is 4.72 Å². The number of thioether (sulfide) groups is 1. The summed E-state index contributed by atoms with van der Waals surface area (Å²) in [6.45, 7) is 0.310. The minimum absolute atomic E-state index is 0.310. The van der Waals surface area contributed by atoms with Crippen LogP contribution in [-0.4, -0.2) is 37.0 Å². The third-order valence-electron chi connectivity index (χ3n) is 3.59. The van der Waals surface area contributed by atoms with Crippen LogP contribution in [0.2, 0.25) is 0 Å². The molecule has 1 aromatic rings. The third-order valence-corrected chi connectivity index (χ3v) is 6.57. The fourth-order valence-electron chi connectivity index (χ4n) is 2.56. The molecule has 116 valence electrons. The first kappa shape index (κ1) is 16.3. The summed E-state index contributed by atoms with van der Waals surface area (Å²) in [6.07, 6.45) is 1.53. The zero-order valence-corrected chi connectivity index (χ0v) is 13.2. The largest absolute Gasteiger partial charge is 0.481 e. The molecule has 5 nitrogen and oxygen atoms in total. The minimum Gasteiger partial charge on any atom is -0.481 e. The Morgan fingerprint density at radius 1 is 1.29 bits per heavy atom. The topological polar surface area (TPSA) is 83.5 Å². The van der Waals surface area contributed by atoms with E-state index in [9.17, 15) is 13.2 Å². The molecule has 2 N–H and O–H groups in total. The zero-order valence-electron chi connectivity index (χ0n) is 11.6. The molecule has 1 aliphatic rings. The summed E-state index contributed by atoms with van der Waals surface area (Å²) in [5.41, 5.74) is 0. The molecule has 1 aromatic carbocycles. The van der Waals surface area contributed by atoms with Gasteiger partial charge in [-0.2, -0.15) is 0 Å². The average molecular weight is 329 g/mol. The molecule has 0 bridgehead atoms. The second-order valence-electron chi connectivity index (χ2n) is 5.01. The molecule has 0 amide bonds. The Kier molecular flexibility index (Phi) is 5.66. The minimum atomic E-state index is -3.55. The van der Waals surface area contributed by atoms with Crippen LogP contribution in [0.5, 0.6) is 0 Å². The smallest absolute Gasteiger partial charge is 0.307 e. The summed E-state index contributed by atoms with van der Waals surface area (Å²) in [7, 11) is -3.55. The molecule has 0 spiro atoms. The van der Waals surface area contributed by atoms with E-state index in [1.54, 1.807) is 11.8 Å². The Morgan fingerprint density at radius 3 is 2.67 bits per heavy atom. The fraction of sp³-hybridized carbons (Fsp3) is 0.500. The van der Waals surface area contributed by atoms with Crippen LogP contribution in [0.1, 0.15) is 19.3 Å². The van der Waals surface area contributed by atoms with Gasteiger partial charge in [-0.15, -0.1) is 11.8 Å². The highest BCUT2D eigenvalue weighted by Crippen LogP contribution is 2.30. The molecule has 21 heavy (non-hydrogen) atoms. The molecule has 0 aliphatic heterocycles. The number of hydrogen-bond acceptors (Lipinski definition) is 4. The van der Waals surface area contributed by atoms with Crippen LogP contribution in [-0.2, 0) is 14.8 Å². The van der Waals surface area contributed by atoms with Crippen molar-refractivity contribution in [2.75, 3.05) is 12.3 Å². The van der Waals surface area contributed by atoms with Gasteiger partial charge in [-0.05, 0) is 25.0 Å². The Morgan fingerprint density at radius 2 is 2.00 bits per heavy atom. The van der Waals surface area contributed by atoms with E-state index >= 15 is 0 Å². The zero-order chi connectivity index (χ0) is 15.3. The van der Waals surface area contributed by atoms with Gasteiger partial charge in [0.15, 0.2) is 0 Å². The van der Waals surface area contributed by atoms with Gasteiger partial charge in [0.2, 0.25) is 10.0 Å². The van der Waals surface area contributed by atoms with E-state index in [1.165, 1.54) is 0 Å². The lowest BCUT2D eigenvalue weighted by Gasteiger charge is -2.17. The number of aliphatic carboxylic acids is 1. The van der Waals surface area contributed by atoms with Crippen molar-refractivity contribution in [3.8, 4) is 0 Å². The van der Waals surface area contributed by atoms with E-state index in [1.807, 2.05) is 30.3 Å². The second-order valence-corrected chi connectivity index (χ2v) is 8.17. The van der Waals surface area contributed by atoms with Crippen LogP contribution in [0, 0.1) is 5.92 Å². The molecule has 0 heterocycles. The summed E-state index contributed by atoms with van der Waals surface area (Å²) >= 11 is 1.57. The lowest BCUT2D eigenvalue weighted by Crippen LogP contribution is -2.39. The summed E-state index contributed by atoms with van der Waals surface area (Å²) in [6, 6.07) is 9.73. The molecule has 2 rings (SSSR count). The van der Waals surface area contributed by atoms with E-state index in [0.29, 0.717) is 31.6 Å². The van der Waals surface area contributed by atoms with Gasteiger partial charge < -0.3 is 5.11 Å². The van der Waals surface area contributed by atoms with Gasteiger partial charge >= 0.3 is 5.97 Å². The second kappa shape index (κ2) is 7.29. The normalized spacial score (nSPS) is 22.3. The molecule has 2 atom stereocenters. The highest BCUT2D eigenvalue weighted by atomic mass is 32.2. The van der Waals surface area contributed by atoms with Gasteiger partial charge in [-0.1, -0.05) is 24.6 Å². The highest BCUT2D eigenvalue weighted by Gasteiger charge is 2.41. The van der Waals surface area contributed by atoms with Gasteiger partial charge in [0.1, 0.15) is 0 Å². The quantitative estimate of drug-likeness (QED) is 0.590. The van der Waals surface area contributed by atoms with E-state index in [0.717, 1.165) is 4.90 Å². The molecule has 1 fully saturated rings. The first-order valence-corrected chi connectivity index (χ1v) is 9.43. The Balaban J connectivity index is 1.83. The Bertz CT molecular complexity index is 574. The maximum Gasteiger partial charge on any atom is 0.307 e. The first-order valence-electron chi connectivity index (χ1n) is 6.90. The number of carbonyl (C=O) groups is 1. The predicted octanol–water partition coefficient (Wildman–Crippen LogP) is 1.95. The molecule has 0 saturated heterocycles. The van der Waals surface area contributed by atoms with Crippen LogP contribution in [0.25, 0.3) is 0 Å². The molecule has 1 saturated carbocycles. The molecular weight excluding hydrogens is 310 g/mol. The standard InChI is InChI=1S/C14H19NO4S2/c16-14(17)12-7-4-8-13(12)21(18,19)15-9-10-20-11-5-2-1-3-6-11/h1-3,5-6,12-13,15H,4,7-10H2,(H,16,17). The van der Waals surface area contributed by atoms with Crippen molar-refractivity contribution in [2.24, 2.45) is 5.92 Å². The maximum absolute atomic E-state index is 12.2. The van der Waals surface area contributed by atoms with Crippen molar-refractivity contribution in [1.82, 2.24) is 4.72 Å². The van der Waals surface area contributed by atoms with Gasteiger partial charge in [0.25, 0.3) is 0 Å². The van der Waals surface area contributed by atoms with Crippen molar-refractivity contribution in [3.05, 3.63) is 30.3 Å². The average Bonchev–Trinajstić information content (AvgIpc) is 2.95. The van der Waals surface area contributed by atoms with Gasteiger partial charge in [0, 0.05) is 17.2 Å². The van der Waals surface area contributed by atoms with Crippen LogP contribution in [0.4, 0.5) is 0 Å². The van der Waals surface area contributed by atoms with Crippen LogP contribution in [0.15, 0.2) is 35.2 Å². The highest BCUT2D eigenvalue weighted by molar-refractivity contribution is 7.99. The summed E-state index contributed by atoms with van der Waals surface area (Å²) in [5.74, 6) is -1.17. The van der Waals surface area contributed by atoms with Crippen molar-refractivity contribution in [1.29, 1.82) is 0 Å². The van der Waals surface area contributed by atoms with Crippen molar-refractivity contribution >= 4 is 27.8 Å². The maximum atomic E-state index is 12.2. The molecule has 0 radical (unpaired) electrons. The molecular formula is C14H19NO4S2. The number of sulfonamides is 1. The van der Waals surface area contributed by atoms with Crippen molar-refractivity contribution in [3.63, 3.8) is 0 Å². The molecule has 0 aromatic heterocycles. The van der Waals surface area contributed by atoms with E-state index in [4.69, 9.17) is 5.11 Å². The van der Waals surface area contributed by atoms with Gasteiger partial charge in [-0.3, -0.25) is 4.79 Å². The number of nitrogens with one attached hydrogen (secondary N) is 1. The molecule has 2 unspecified atom stereocenters. The number of benzene rings is 1. The monoisotopic (exact) mass is 329 g/mol. The third kappa shape index (κ3) is 4.46. The van der Waals surface area contributed by atoms with Crippen molar-refractivity contribution < 1.29 is 18.3 Å². The number of carboxylic acid groups (broad SMARTS) is 1. The Hall–Kier alpha value is -1.05. The molecule has 7 heteroatoms. The molecule has 1 aliphatic carbocycles. The number of rotatable bonds is 7. The number of carboxylic acids is 1. The summed E-state index contributed by atoms with van der Waals surface area (Å²) in [4.78, 5) is 12.2. The Labute approximate surface area is 129 Å². The van der Waals surface area contributed by atoms with E-state index in [-0.39, 0.29) is 0 Å². The fourth-order valence-corrected chi connectivity index (χ4v) is 5.24. The summed E-state index contributed by atoms with van der Waals surface area (Å²) < 4.78 is 26.9. The van der Waals surface area contributed by atoms with E-state index < -0.39 is 27.2 Å².